The Morgan fingerprint density at radius 2 is 2.13 bits per heavy atom. The Bertz CT molecular complexity index is 739. The molecule has 0 radical (unpaired) electrons. The second-order valence-corrected chi connectivity index (χ2v) is 5.95. The Balaban J connectivity index is 1.57. The van der Waals surface area contributed by atoms with Crippen molar-refractivity contribution in [1.29, 1.82) is 0 Å². The van der Waals surface area contributed by atoms with E-state index in [4.69, 9.17) is 4.74 Å². The van der Waals surface area contributed by atoms with Crippen molar-refractivity contribution in [2.24, 2.45) is 0 Å². The summed E-state index contributed by atoms with van der Waals surface area (Å²) in [5.41, 5.74) is 0.689. The number of rotatable bonds is 7. The molecule has 23 heavy (non-hydrogen) atoms. The molecule has 5 nitrogen and oxygen atoms in total. The average molecular weight is 327 g/mol. The fraction of sp³-hybridized carbons (Fsp3) is 0.176. The summed E-state index contributed by atoms with van der Waals surface area (Å²) in [5, 5.41) is 9.01. The van der Waals surface area contributed by atoms with Gasteiger partial charge >= 0.3 is 0 Å². The van der Waals surface area contributed by atoms with E-state index < -0.39 is 0 Å². The second kappa shape index (κ2) is 7.60. The minimum atomic E-state index is -0.0458. The Morgan fingerprint density at radius 3 is 2.91 bits per heavy atom. The number of amides is 1. The molecule has 3 aromatic rings. The van der Waals surface area contributed by atoms with E-state index in [1.807, 2.05) is 54.0 Å². The van der Waals surface area contributed by atoms with Gasteiger partial charge in [-0.1, -0.05) is 18.2 Å². The summed E-state index contributed by atoms with van der Waals surface area (Å²) < 4.78 is 7.58. The van der Waals surface area contributed by atoms with Crippen LogP contribution in [-0.4, -0.2) is 22.3 Å². The molecule has 2 aromatic heterocycles. The zero-order valence-corrected chi connectivity index (χ0v) is 13.3. The van der Waals surface area contributed by atoms with Gasteiger partial charge in [0.15, 0.2) is 0 Å². The van der Waals surface area contributed by atoms with Gasteiger partial charge in [-0.05, 0) is 29.6 Å². The van der Waals surface area contributed by atoms with Crippen molar-refractivity contribution < 1.29 is 9.53 Å². The highest BCUT2D eigenvalue weighted by Gasteiger charge is 2.09. The fourth-order valence-corrected chi connectivity index (χ4v) is 2.85. The van der Waals surface area contributed by atoms with Gasteiger partial charge in [0.25, 0.3) is 0 Å². The van der Waals surface area contributed by atoms with E-state index in [2.05, 4.69) is 10.4 Å². The standard InChI is InChI=1S/C17H17N3O2S/c21-17(13-14-5-3-12-23-14)19-15-6-1-2-7-16(15)22-11-10-20-9-4-8-18-20/h1-9,12H,10-11,13H2,(H,19,21). The number of anilines is 1. The van der Waals surface area contributed by atoms with Gasteiger partial charge in [0.1, 0.15) is 12.4 Å². The molecule has 0 saturated heterocycles. The van der Waals surface area contributed by atoms with Crippen LogP contribution in [0.4, 0.5) is 5.69 Å². The Morgan fingerprint density at radius 1 is 1.22 bits per heavy atom. The van der Waals surface area contributed by atoms with Gasteiger partial charge in [-0.25, -0.2) is 0 Å². The van der Waals surface area contributed by atoms with Gasteiger partial charge in [-0.3, -0.25) is 9.48 Å². The lowest BCUT2D eigenvalue weighted by atomic mass is 10.2. The number of carbonyl (C=O) groups excluding carboxylic acids is 1. The molecule has 0 bridgehead atoms. The van der Waals surface area contributed by atoms with Gasteiger partial charge in [-0.15, -0.1) is 11.3 Å². The van der Waals surface area contributed by atoms with E-state index in [1.165, 1.54) is 0 Å². The van der Waals surface area contributed by atoms with Crippen LogP contribution >= 0.6 is 11.3 Å². The molecule has 0 unspecified atom stereocenters. The summed E-state index contributed by atoms with van der Waals surface area (Å²) in [5.74, 6) is 0.620. The van der Waals surface area contributed by atoms with E-state index >= 15 is 0 Å². The number of nitrogens with zero attached hydrogens (tertiary/aromatic N) is 2. The summed E-state index contributed by atoms with van der Waals surface area (Å²) in [6, 6.07) is 13.2. The van der Waals surface area contributed by atoms with Crippen LogP contribution in [0.3, 0.4) is 0 Å². The molecule has 0 aliphatic carbocycles. The van der Waals surface area contributed by atoms with Crippen molar-refractivity contribution in [3.05, 3.63) is 65.1 Å². The molecular weight excluding hydrogens is 310 g/mol. The van der Waals surface area contributed by atoms with E-state index in [0.29, 0.717) is 31.0 Å². The van der Waals surface area contributed by atoms with Crippen molar-refractivity contribution in [2.75, 3.05) is 11.9 Å². The monoisotopic (exact) mass is 327 g/mol. The van der Waals surface area contributed by atoms with E-state index in [0.717, 1.165) is 4.88 Å². The molecule has 1 aromatic carbocycles. The van der Waals surface area contributed by atoms with E-state index in [9.17, 15) is 4.79 Å². The summed E-state index contributed by atoms with van der Waals surface area (Å²) in [6.07, 6.45) is 4.00. The van der Waals surface area contributed by atoms with Crippen LogP contribution in [-0.2, 0) is 17.8 Å². The van der Waals surface area contributed by atoms with Gasteiger partial charge in [-0.2, -0.15) is 5.10 Å². The summed E-state index contributed by atoms with van der Waals surface area (Å²) in [7, 11) is 0. The highest BCUT2D eigenvalue weighted by Crippen LogP contribution is 2.24. The van der Waals surface area contributed by atoms with Crippen LogP contribution in [0.5, 0.6) is 5.75 Å². The smallest absolute Gasteiger partial charge is 0.229 e. The zero-order valence-electron chi connectivity index (χ0n) is 12.5. The highest BCUT2D eigenvalue weighted by atomic mass is 32.1. The third-order valence-electron chi connectivity index (χ3n) is 3.21. The molecule has 6 heteroatoms. The molecule has 0 fully saturated rings. The first-order valence-corrected chi connectivity index (χ1v) is 8.21. The van der Waals surface area contributed by atoms with Crippen LogP contribution in [0.15, 0.2) is 60.2 Å². The molecule has 0 aliphatic rings. The largest absolute Gasteiger partial charge is 0.489 e. The van der Waals surface area contributed by atoms with Crippen LogP contribution in [0, 0.1) is 0 Å². The first kappa shape index (κ1) is 15.3. The Labute approximate surface area is 138 Å². The average Bonchev–Trinajstić information content (AvgIpc) is 3.22. The van der Waals surface area contributed by atoms with Crippen molar-refractivity contribution in [1.82, 2.24) is 9.78 Å². The van der Waals surface area contributed by atoms with Gasteiger partial charge < -0.3 is 10.1 Å². The quantitative estimate of drug-likeness (QED) is 0.725. The lowest BCUT2D eigenvalue weighted by molar-refractivity contribution is -0.115. The number of para-hydroxylation sites is 2. The molecule has 0 spiro atoms. The maximum Gasteiger partial charge on any atom is 0.229 e. The summed E-state index contributed by atoms with van der Waals surface area (Å²) in [6.45, 7) is 1.14. The maximum atomic E-state index is 12.1. The van der Waals surface area contributed by atoms with Crippen LogP contribution in [0.2, 0.25) is 0 Å². The fourth-order valence-electron chi connectivity index (χ4n) is 2.14. The van der Waals surface area contributed by atoms with Crippen molar-refractivity contribution >= 4 is 22.9 Å². The van der Waals surface area contributed by atoms with E-state index in [1.54, 1.807) is 22.2 Å². The predicted molar refractivity (Wildman–Crippen MR) is 90.8 cm³/mol. The first-order valence-electron chi connectivity index (χ1n) is 7.33. The lowest BCUT2D eigenvalue weighted by Crippen LogP contribution is -2.15. The molecular formula is C17H17N3O2S. The molecule has 0 atom stereocenters. The van der Waals surface area contributed by atoms with E-state index in [-0.39, 0.29) is 5.91 Å². The number of hydrogen-bond donors (Lipinski definition) is 1. The van der Waals surface area contributed by atoms with Gasteiger partial charge in [0.05, 0.1) is 18.7 Å². The Kier molecular flexibility index (Phi) is 5.06. The highest BCUT2D eigenvalue weighted by molar-refractivity contribution is 7.10. The number of thiophene rings is 1. The molecule has 118 valence electrons. The molecule has 1 amide bonds. The molecule has 1 N–H and O–H groups in total. The van der Waals surface area contributed by atoms with Crippen molar-refractivity contribution in [3.8, 4) is 5.75 Å². The third-order valence-corrected chi connectivity index (χ3v) is 4.09. The number of hydrogen-bond acceptors (Lipinski definition) is 4. The summed E-state index contributed by atoms with van der Waals surface area (Å²) >= 11 is 1.58. The second-order valence-electron chi connectivity index (χ2n) is 4.92. The normalized spacial score (nSPS) is 10.4. The van der Waals surface area contributed by atoms with Gasteiger partial charge in [0.2, 0.25) is 5.91 Å². The van der Waals surface area contributed by atoms with Crippen LogP contribution in [0.1, 0.15) is 4.88 Å². The first-order chi connectivity index (χ1) is 11.3. The van der Waals surface area contributed by atoms with Crippen LogP contribution < -0.4 is 10.1 Å². The molecule has 3 rings (SSSR count). The maximum absolute atomic E-state index is 12.1. The number of aromatic nitrogens is 2. The molecule has 0 saturated carbocycles. The van der Waals surface area contributed by atoms with Gasteiger partial charge in [0, 0.05) is 17.3 Å². The van der Waals surface area contributed by atoms with Crippen molar-refractivity contribution in [3.63, 3.8) is 0 Å². The van der Waals surface area contributed by atoms with Crippen molar-refractivity contribution in [2.45, 2.75) is 13.0 Å². The number of carbonyl (C=O) groups is 1. The Hall–Kier alpha value is -2.60. The predicted octanol–water partition coefficient (Wildman–Crippen LogP) is 3.20. The number of nitrogens with one attached hydrogen (secondary N) is 1. The lowest BCUT2D eigenvalue weighted by Gasteiger charge is -2.12. The SMILES string of the molecule is O=C(Cc1cccs1)Nc1ccccc1OCCn1cccn1. The summed E-state index contributed by atoms with van der Waals surface area (Å²) in [4.78, 5) is 13.2. The minimum absolute atomic E-state index is 0.0458. The molecule has 2 heterocycles. The van der Waals surface area contributed by atoms with Crippen LogP contribution in [0.25, 0.3) is 0 Å². The zero-order chi connectivity index (χ0) is 15.9. The minimum Gasteiger partial charge on any atom is -0.489 e. The topological polar surface area (TPSA) is 56.1 Å². The molecule has 0 aliphatic heterocycles. The number of benzene rings is 1. The number of ether oxygens (including phenoxy) is 1. The third kappa shape index (κ3) is 4.43.